The van der Waals surface area contributed by atoms with E-state index in [0.29, 0.717) is 5.92 Å². The summed E-state index contributed by atoms with van der Waals surface area (Å²) in [4.78, 5) is 0. The van der Waals surface area contributed by atoms with Crippen LogP contribution in [0.2, 0.25) is 5.02 Å². The summed E-state index contributed by atoms with van der Waals surface area (Å²) in [6.07, 6.45) is 6.56. The highest BCUT2D eigenvalue weighted by molar-refractivity contribution is 6.30. The smallest absolute Gasteiger partial charge is 0.122 e. The summed E-state index contributed by atoms with van der Waals surface area (Å²) >= 11 is 6.12. The maximum atomic E-state index is 6.12. The Hall–Kier alpha value is -0.730. The van der Waals surface area contributed by atoms with Crippen molar-refractivity contribution in [3.63, 3.8) is 0 Å². The van der Waals surface area contributed by atoms with E-state index < -0.39 is 0 Å². The quantitative estimate of drug-likeness (QED) is 0.853. The number of methoxy groups -OCH3 is 1. The van der Waals surface area contributed by atoms with Crippen molar-refractivity contribution in [3.8, 4) is 5.75 Å². The molecule has 0 heterocycles. The molecule has 0 radical (unpaired) electrons. The van der Waals surface area contributed by atoms with Crippen molar-refractivity contribution < 1.29 is 4.74 Å². The lowest BCUT2D eigenvalue weighted by molar-refractivity contribution is 0.322. The lowest BCUT2D eigenvalue weighted by Crippen LogP contribution is -2.26. The van der Waals surface area contributed by atoms with Crippen molar-refractivity contribution in [2.75, 3.05) is 20.7 Å². The Morgan fingerprint density at radius 1 is 1.37 bits per heavy atom. The van der Waals surface area contributed by atoms with Crippen LogP contribution in [0.5, 0.6) is 5.75 Å². The highest BCUT2D eigenvalue weighted by atomic mass is 35.5. The number of rotatable bonds is 6. The fourth-order valence-corrected chi connectivity index (χ4v) is 3.48. The molecule has 19 heavy (non-hydrogen) atoms. The fourth-order valence-electron chi connectivity index (χ4n) is 3.29. The van der Waals surface area contributed by atoms with Gasteiger partial charge in [-0.3, -0.25) is 0 Å². The summed E-state index contributed by atoms with van der Waals surface area (Å²) in [7, 11) is 3.77. The molecule has 1 saturated carbocycles. The molecule has 1 unspecified atom stereocenters. The Morgan fingerprint density at radius 2 is 2.11 bits per heavy atom. The maximum Gasteiger partial charge on any atom is 0.122 e. The topological polar surface area (TPSA) is 21.3 Å². The van der Waals surface area contributed by atoms with Gasteiger partial charge in [0, 0.05) is 5.02 Å². The van der Waals surface area contributed by atoms with Gasteiger partial charge in [0.05, 0.1) is 7.11 Å². The highest BCUT2D eigenvalue weighted by Crippen LogP contribution is 2.35. The molecule has 0 aromatic heterocycles. The monoisotopic (exact) mass is 281 g/mol. The van der Waals surface area contributed by atoms with Crippen LogP contribution in [0.4, 0.5) is 0 Å². The van der Waals surface area contributed by atoms with Crippen LogP contribution >= 0.6 is 11.6 Å². The molecule has 106 valence electrons. The Kier molecular flexibility index (Phi) is 5.53. The van der Waals surface area contributed by atoms with E-state index in [1.807, 2.05) is 19.2 Å². The standard InChI is InChI=1S/C16H24ClNO/c1-18-11-14(12-5-3-4-6-12)9-13-10-15(17)7-8-16(13)19-2/h7-8,10,12,14,18H,3-6,9,11H2,1-2H3. The van der Waals surface area contributed by atoms with Crippen LogP contribution in [-0.4, -0.2) is 20.7 Å². The van der Waals surface area contributed by atoms with Gasteiger partial charge in [-0.15, -0.1) is 0 Å². The molecule has 2 nitrogen and oxygen atoms in total. The first-order chi connectivity index (χ1) is 9.24. The van der Waals surface area contributed by atoms with Gasteiger partial charge in [-0.1, -0.05) is 37.3 Å². The van der Waals surface area contributed by atoms with Crippen LogP contribution in [0.15, 0.2) is 18.2 Å². The molecule has 2 rings (SSSR count). The molecular weight excluding hydrogens is 258 g/mol. The molecule has 1 aromatic carbocycles. The largest absolute Gasteiger partial charge is 0.496 e. The molecule has 0 bridgehead atoms. The van der Waals surface area contributed by atoms with Gasteiger partial charge < -0.3 is 10.1 Å². The first-order valence-corrected chi connectivity index (χ1v) is 7.59. The van der Waals surface area contributed by atoms with E-state index in [2.05, 4.69) is 11.4 Å². The van der Waals surface area contributed by atoms with Crippen molar-refractivity contribution in [1.82, 2.24) is 5.32 Å². The van der Waals surface area contributed by atoms with E-state index in [0.717, 1.165) is 29.7 Å². The third-order valence-electron chi connectivity index (χ3n) is 4.26. The van der Waals surface area contributed by atoms with E-state index in [9.17, 15) is 0 Å². The highest BCUT2D eigenvalue weighted by Gasteiger charge is 2.25. The van der Waals surface area contributed by atoms with Crippen LogP contribution in [0.3, 0.4) is 0 Å². The Labute approximate surface area is 121 Å². The molecule has 1 aliphatic carbocycles. The van der Waals surface area contributed by atoms with Crippen molar-refractivity contribution in [2.45, 2.75) is 32.1 Å². The Bertz CT molecular complexity index is 402. The van der Waals surface area contributed by atoms with E-state index in [-0.39, 0.29) is 0 Å². The van der Waals surface area contributed by atoms with Crippen molar-refractivity contribution in [2.24, 2.45) is 11.8 Å². The molecule has 1 N–H and O–H groups in total. The van der Waals surface area contributed by atoms with Crippen molar-refractivity contribution in [3.05, 3.63) is 28.8 Å². The zero-order valence-corrected chi connectivity index (χ0v) is 12.7. The minimum absolute atomic E-state index is 0.680. The van der Waals surface area contributed by atoms with Crippen LogP contribution < -0.4 is 10.1 Å². The average molecular weight is 282 g/mol. The van der Waals surface area contributed by atoms with Gasteiger partial charge in [-0.25, -0.2) is 0 Å². The van der Waals surface area contributed by atoms with Gasteiger partial charge in [0.15, 0.2) is 0 Å². The maximum absolute atomic E-state index is 6.12. The predicted molar refractivity (Wildman–Crippen MR) is 81.1 cm³/mol. The molecule has 0 aliphatic heterocycles. The zero-order valence-electron chi connectivity index (χ0n) is 11.9. The zero-order chi connectivity index (χ0) is 13.7. The van der Waals surface area contributed by atoms with Gasteiger partial charge in [-0.05, 0) is 55.6 Å². The number of nitrogens with one attached hydrogen (secondary N) is 1. The third-order valence-corrected chi connectivity index (χ3v) is 4.49. The van der Waals surface area contributed by atoms with Crippen LogP contribution in [0.1, 0.15) is 31.2 Å². The molecule has 1 aromatic rings. The van der Waals surface area contributed by atoms with Gasteiger partial charge in [0.25, 0.3) is 0 Å². The van der Waals surface area contributed by atoms with E-state index in [4.69, 9.17) is 16.3 Å². The third kappa shape index (κ3) is 3.87. The van der Waals surface area contributed by atoms with Crippen molar-refractivity contribution >= 4 is 11.6 Å². The minimum Gasteiger partial charge on any atom is -0.496 e. The number of benzene rings is 1. The number of hydrogen-bond acceptors (Lipinski definition) is 2. The second-order valence-electron chi connectivity index (χ2n) is 5.52. The SMILES string of the molecule is CNCC(Cc1cc(Cl)ccc1OC)C1CCCC1. The summed E-state index contributed by atoms with van der Waals surface area (Å²) < 4.78 is 5.46. The first kappa shape index (κ1) is 14.7. The minimum atomic E-state index is 0.680. The predicted octanol–water partition coefficient (Wildman–Crippen LogP) is 3.92. The normalized spacial score (nSPS) is 17.6. The average Bonchev–Trinajstić information content (AvgIpc) is 2.92. The van der Waals surface area contributed by atoms with Crippen molar-refractivity contribution in [1.29, 1.82) is 0 Å². The second kappa shape index (κ2) is 7.16. The summed E-state index contributed by atoms with van der Waals surface area (Å²) in [6.45, 7) is 1.07. The van der Waals surface area contributed by atoms with Gasteiger partial charge in [-0.2, -0.15) is 0 Å². The van der Waals surface area contributed by atoms with Gasteiger partial charge >= 0.3 is 0 Å². The van der Waals surface area contributed by atoms with Gasteiger partial charge in [0.2, 0.25) is 0 Å². The number of halogens is 1. The van der Waals surface area contributed by atoms with Crippen LogP contribution in [-0.2, 0) is 6.42 Å². The second-order valence-corrected chi connectivity index (χ2v) is 5.96. The van der Waals surface area contributed by atoms with E-state index in [1.165, 1.54) is 31.2 Å². The molecule has 0 spiro atoms. The Balaban J connectivity index is 2.13. The number of ether oxygens (including phenoxy) is 1. The summed E-state index contributed by atoms with van der Waals surface area (Å²) in [5, 5.41) is 4.14. The van der Waals surface area contributed by atoms with Gasteiger partial charge in [0.1, 0.15) is 5.75 Å². The summed E-state index contributed by atoms with van der Waals surface area (Å²) in [5.41, 5.74) is 1.24. The lowest BCUT2D eigenvalue weighted by Gasteiger charge is -2.24. The first-order valence-electron chi connectivity index (χ1n) is 7.21. The molecule has 1 aliphatic rings. The molecule has 0 saturated heterocycles. The Morgan fingerprint density at radius 3 is 2.74 bits per heavy atom. The fraction of sp³-hybridized carbons (Fsp3) is 0.625. The number of hydrogen-bond donors (Lipinski definition) is 1. The molecule has 1 atom stereocenters. The van der Waals surface area contributed by atoms with E-state index in [1.54, 1.807) is 7.11 Å². The molecule has 1 fully saturated rings. The molecular formula is C16H24ClNO. The lowest BCUT2D eigenvalue weighted by atomic mass is 9.85. The van der Waals surface area contributed by atoms with Crippen LogP contribution in [0, 0.1) is 11.8 Å². The molecule has 0 amide bonds. The van der Waals surface area contributed by atoms with E-state index >= 15 is 0 Å². The molecule has 3 heteroatoms. The summed E-state index contributed by atoms with van der Waals surface area (Å²) in [5.74, 6) is 2.49. The van der Waals surface area contributed by atoms with Crippen LogP contribution in [0.25, 0.3) is 0 Å². The summed E-state index contributed by atoms with van der Waals surface area (Å²) in [6, 6.07) is 5.92.